The highest BCUT2D eigenvalue weighted by atomic mass is 32.2. The smallest absolute Gasteiger partial charge is 0.316 e. The molecule has 0 aromatic heterocycles. The van der Waals surface area contributed by atoms with Crippen molar-refractivity contribution >= 4 is 17.7 Å². The Balaban J connectivity index is 2.60. The van der Waals surface area contributed by atoms with Crippen LogP contribution in [0.25, 0.3) is 0 Å². The number of hydrogen-bond donors (Lipinski definition) is 2. The second kappa shape index (κ2) is 5.78. The maximum atomic E-state index is 10.6. The van der Waals surface area contributed by atoms with Crippen LogP contribution in [0.4, 0.5) is 0 Å². The number of rotatable bonds is 5. The van der Waals surface area contributed by atoms with E-state index in [-0.39, 0.29) is 0 Å². The minimum absolute atomic E-state index is 0.403. The molecular weight excluding hydrogens is 210 g/mol. The van der Waals surface area contributed by atoms with Gasteiger partial charge in [-0.3, -0.25) is 4.79 Å². The van der Waals surface area contributed by atoms with Crippen LogP contribution >= 0.6 is 11.8 Å². The van der Waals surface area contributed by atoms with Crippen LogP contribution < -0.4 is 5.32 Å². The molecule has 1 unspecified atom stereocenters. The Bertz CT molecular complexity index is 324. The summed E-state index contributed by atoms with van der Waals surface area (Å²) in [7, 11) is 1.90. The molecule has 1 atom stereocenters. The second-order valence-corrected chi connectivity index (χ2v) is 4.69. The van der Waals surface area contributed by atoms with E-state index in [1.165, 1.54) is 17.3 Å². The van der Waals surface area contributed by atoms with E-state index in [2.05, 4.69) is 5.32 Å². The monoisotopic (exact) mass is 225 g/mol. The van der Waals surface area contributed by atoms with Gasteiger partial charge in [0.25, 0.3) is 0 Å². The standard InChI is InChI=1S/C11H15NO2S/c1-8(11(13)14)15-10-5-3-9(4-6-10)7-12-2/h3-6,8,12H,7H2,1-2H3,(H,13,14). The molecule has 2 N–H and O–H groups in total. The SMILES string of the molecule is CNCc1ccc(SC(C)C(=O)O)cc1. The first-order valence-corrected chi connectivity index (χ1v) is 5.64. The molecule has 0 aliphatic rings. The van der Waals surface area contributed by atoms with Crippen LogP contribution in [0.5, 0.6) is 0 Å². The van der Waals surface area contributed by atoms with E-state index in [0.717, 1.165) is 11.4 Å². The summed E-state index contributed by atoms with van der Waals surface area (Å²) in [4.78, 5) is 11.6. The van der Waals surface area contributed by atoms with Crippen molar-refractivity contribution in [2.45, 2.75) is 23.6 Å². The molecule has 0 radical (unpaired) electrons. The van der Waals surface area contributed by atoms with Gasteiger partial charge in [0.2, 0.25) is 0 Å². The molecule has 1 aromatic rings. The molecule has 0 fully saturated rings. The zero-order chi connectivity index (χ0) is 11.3. The lowest BCUT2D eigenvalue weighted by atomic mass is 10.2. The summed E-state index contributed by atoms with van der Waals surface area (Å²) < 4.78 is 0. The third-order valence-electron chi connectivity index (χ3n) is 1.96. The fraction of sp³-hybridized carbons (Fsp3) is 0.364. The molecular formula is C11H15NO2S. The number of carboxylic acids is 1. The lowest BCUT2D eigenvalue weighted by Gasteiger charge is -2.06. The fourth-order valence-corrected chi connectivity index (χ4v) is 1.95. The van der Waals surface area contributed by atoms with E-state index in [4.69, 9.17) is 5.11 Å². The number of carbonyl (C=O) groups is 1. The average Bonchev–Trinajstić information content (AvgIpc) is 2.21. The molecule has 4 heteroatoms. The van der Waals surface area contributed by atoms with Crippen molar-refractivity contribution in [3.05, 3.63) is 29.8 Å². The number of hydrogen-bond acceptors (Lipinski definition) is 3. The van der Waals surface area contributed by atoms with Crippen molar-refractivity contribution in [2.75, 3.05) is 7.05 Å². The predicted octanol–water partition coefficient (Wildman–Crippen LogP) is 1.97. The van der Waals surface area contributed by atoms with Gasteiger partial charge in [0.15, 0.2) is 0 Å². The Labute approximate surface area is 93.9 Å². The number of aliphatic carboxylic acids is 1. The normalized spacial score (nSPS) is 12.4. The van der Waals surface area contributed by atoms with Crippen LogP contribution in [-0.2, 0) is 11.3 Å². The van der Waals surface area contributed by atoms with Crippen molar-refractivity contribution < 1.29 is 9.90 Å². The number of carboxylic acid groups (broad SMARTS) is 1. The van der Waals surface area contributed by atoms with Gasteiger partial charge < -0.3 is 10.4 Å². The second-order valence-electron chi connectivity index (χ2n) is 3.27. The lowest BCUT2D eigenvalue weighted by molar-refractivity contribution is -0.136. The summed E-state index contributed by atoms with van der Waals surface area (Å²) in [6, 6.07) is 7.92. The van der Waals surface area contributed by atoms with Gasteiger partial charge in [-0.25, -0.2) is 0 Å². The summed E-state index contributed by atoms with van der Waals surface area (Å²) in [6.45, 7) is 2.52. The van der Waals surface area contributed by atoms with Crippen molar-refractivity contribution in [1.82, 2.24) is 5.32 Å². The highest BCUT2D eigenvalue weighted by Gasteiger charge is 2.11. The van der Waals surface area contributed by atoms with Gasteiger partial charge in [0.05, 0.1) is 0 Å². The molecule has 0 amide bonds. The molecule has 0 heterocycles. The van der Waals surface area contributed by atoms with E-state index in [9.17, 15) is 4.79 Å². The molecule has 0 saturated carbocycles. The third-order valence-corrected chi connectivity index (χ3v) is 3.06. The Morgan fingerprint density at radius 2 is 2.07 bits per heavy atom. The predicted molar refractivity (Wildman–Crippen MR) is 62.2 cm³/mol. The number of benzene rings is 1. The first-order valence-electron chi connectivity index (χ1n) is 4.76. The first kappa shape index (κ1) is 12.1. The molecule has 82 valence electrons. The Morgan fingerprint density at radius 3 is 2.53 bits per heavy atom. The maximum absolute atomic E-state index is 10.6. The maximum Gasteiger partial charge on any atom is 0.316 e. The summed E-state index contributed by atoms with van der Waals surface area (Å²) >= 11 is 1.36. The number of thioether (sulfide) groups is 1. The van der Waals surface area contributed by atoms with Crippen molar-refractivity contribution in [2.24, 2.45) is 0 Å². The summed E-state index contributed by atoms with van der Waals surface area (Å²) in [5, 5.41) is 11.4. The molecule has 15 heavy (non-hydrogen) atoms. The average molecular weight is 225 g/mol. The highest BCUT2D eigenvalue weighted by Crippen LogP contribution is 2.23. The molecule has 0 aliphatic heterocycles. The van der Waals surface area contributed by atoms with Gasteiger partial charge in [0.1, 0.15) is 5.25 Å². The lowest BCUT2D eigenvalue weighted by Crippen LogP contribution is -2.11. The van der Waals surface area contributed by atoms with Crippen molar-refractivity contribution in [1.29, 1.82) is 0 Å². The minimum Gasteiger partial charge on any atom is -0.480 e. The van der Waals surface area contributed by atoms with Crippen LogP contribution in [0, 0.1) is 0 Å². The van der Waals surface area contributed by atoms with E-state index in [1.807, 2.05) is 31.3 Å². The molecule has 3 nitrogen and oxygen atoms in total. The highest BCUT2D eigenvalue weighted by molar-refractivity contribution is 8.00. The summed E-state index contributed by atoms with van der Waals surface area (Å²) in [5.74, 6) is -0.778. The van der Waals surface area contributed by atoms with Gasteiger partial charge in [-0.05, 0) is 31.7 Å². The van der Waals surface area contributed by atoms with Crippen LogP contribution in [0.2, 0.25) is 0 Å². The summed E-state index contributed by atoms with van der Waals surface area (Å²) in [5.41, 5.74) is 1.20. The van der Waals surface area contributed by atoms with Crippen LogP contribution in [-0.4, -0.2) is 23.4 Å². The molecule has 1 aromatic carbocycles. The largest absolute Gasteiger partial charge is 0.480 e. The van der Waals surface area contributed by atoms with Crippen molar-refractivity contribution in [3.63, 3.8) is 0 Å². The Morgan fingerprint density at radius 1 is 1.47 bits per heavy atom. The molecule has 0 spiro atoms. The van der Waals surface area contributed by atoms with Crippen LogP contribution in [0.3, 0.4) is 0 Å². The quantitative estimate of drug-likeness (QED) is 0.752. The van der Waals surface area contributed by atoms with Gasteiger partial charge >= 0.3 is 5.97 Å². The Hall–Kier alpha value is -1.00. The number of nitrogens with one attached hydrogen (secondary N) is 1. The van der Waals surface area contributed by atoms with E-state index >= 15 is 0 Å². The van der Waals surface area contributed by atoms with Gasteiger partial charge in [-0.2, -0.15) is 0 Å². The fourth-order valence-electron chi connectivity index (χ4n) is 1.14. The van der Waals surface area contributed by atoms with E-state index in [0.29, 0.717) is 0 Å². The minimum atomic E-state index is -0.778. The van der Waals surface area contributed by atoms with E-state index < -0.39 is 11.2 Å². The van der Waals surface area contributed by atoms with Crippen LogP contribution in [0.15, 0.2) is 29.2 Å². The van der Waals surface area contributed by atoms with Gasteiger partial charge in [-0.15, -0.1) is 11.8 Å². The first-order chi connectivity index (χ1) is 7.13. The molecule has 0 aliphatic carbocycles. The zero-order valence-electron chi connectivity index (χ0n) is 8.86. The topological polar surface area (TPSA) is 49.3 Å². The molecule has 1 rings (SSSR count). The summed E-state index contributed by atoms with van der Waals surface area (Å²) in [6.07, 6.45) is 0. The molecule has 0 bridgehead atoms. The van der Waals surface area contributed by atoms with Gasteiger partial charge in [0, 0.05) is 11.4 Å². The zero-order valence-corrected chi connectivity index (χ0v) is 9.67. The van der Waals surface area contributed by atoms with E-state index in [1.54, 1.807) is 6.92 Å². The molecule has 0 saturated heterocycles. The third kappa shape index (κ3) is 3.93. The van der Waals surface area contributed by atoms with Gasteiger partial charge in [-0.1, -0.05) is 12.1 Å². The Kier molecular flexibility index (Phi) is 4.65. The van der Waals surface area contributed by atoms with Crippen molar-refractivity contribution in [3.8, 4) is 0 Å². The van der Waals surface area contributed by atoms with Crippen LogP contribution in [0.1, 0.15) is 12.5 Å².